The second kappa shape index (κ2) is 11.3. The van der Waals surface area contributed by atoms with E-state index in [9.17, 15) is 33.2 Å². The molecular weight excluding hydrogens is 507 g/mol. The largest absolute Gasteiger partial charge is 0.445 e. The maximum Gasteiger partial charge on any atom is 0.416 e. The highest BCUT2D eigenvalue weighted by Crippen LogP contribution is 2.29. The summed E-state index contributed by atoms with van der Waals surface area (Å²) in [7, 11) is 0. The number of ether oxygens (including phenoxy) is 1. The van der Waals surface area contributed by atoms with Crippen molar-refractivity contribution in [2.75, 3.05) is 39.3 Å². The number of hydrogen-bond donors (Lipinski definition) is 1. The van der Waals surface area contributed by atoms with Gasteiger partial charge in [0.15, 0.2) is 0 Å². The van der Waals surface area contributed by atoms with E-state index in [0.29, 0.717) is 31.7 Å². The normalized spacial score (nSPS) is 16.8. The fourth-order valence-corrected chi connectivity index (χ4v) is 3.94. The van der Waals surface area contributed by atoms with Crippen molar-refractivity contribution in [1.82, 2.24) is 19.4 Å². The molecule has 2 heterocycles. The molecule has 2 aromatic rings. The molecule has 0 saturated carbocycles. The second-order valence-corrected chi connectivity index (χ2v) is 8.95. The summed E-state index contributed by atoms with van der Waals surface area (Å²) in [5.41, 5.74) is -1.45. The minimum Gasteiger partial charge on any atom is -0.445 e. The van der Waals surface area contributed by atoms with Crippen LogP contribution < -0.4 is 0 Å². The van der Waals surface area contributed by atoms with E-state index in [0.717, 1.165) is 18.3 Å². The number of piperazine rings is 1. The smallest absolute Gasteiger partial charge is 0.416 e. The van der Waals surface area contributed by atoms with Crippen LogP contribution in [-0.4, -0.2) is 80.4 Å². The molecule has 0 radical (unpaired) electrons. The van der Waals surface area contributed by atoms with Gasteiger partial charge in [0.2, 0.25) is 0 Å². The van der Waals surface area contributed by atoms with Gasteiger partial charge in [-0.05, 0) is 52.2 Å². The number of alkyl halides is 3. The number of rotatable bonds is 8. The average Bonchev–Trinajstić information content (AvgIpc) is 3.16. The maximum atomic E-state index is 12.6. The molecule has 0 bridgehead atoms. The van der Waals surface area contributed by atoms with E-state index in [1.165, 1.54) is 21.6 Å². The Morgan fingerprint density at radius 1 is 1.22 bits per heavy atom. The number of carbonyl (C=O) groups is 1. The first kappa shape index (κ1) is 27.4. The predicted molar refractivity (Wildman–Crippen MR) is 124 cm³/mol. The number of aliphatic hydroxyl groups is 1. The fraction of sp³-hybridized carbons (Fsp3) is 0.455. The van der Waals surface area contributed by atoms with E-state index >= 15 is 0 Å². The van der Waals surface area contributed by atoms with Crippen molar-refractivity contribution < 1.29 is 32.7 Å². The third-order valence-electron chi connectivity index (χ3n) is 5.46. The van der Waals surface area contributed by atoms with Crippen LogP contribution in [-0.2, 0) is 17.5 Å². The summed E-state index contributed by atoms with van der Waals surface area (Å²) >= 11 is 5.92. The van der Waals surface area contributed by atoms with Crippen LogP contribution in [0.4, 0.5) is 23.8 Å². The molecule has 0 aliphatic carbocycles. The summed E-state index contributed by atoms with van der Waals surface area (Å²) in [5, 5.41) is 21.5. The van der Waals surface area contributed by atoms with Gasteiger partial charge in [0.25, 0.3) is 0 Å². The van der Waals surface area contributed by atoms with E-state index < -0.39 is 34.2 Å². The van der Waals surface area contributed by atoms with Crippen molar-refractivity contribution in [3.05, 3.63) is 63.1 Å². The highest BCUT2D eigenvalue weighted by molar-refractivity contribution is 6.28. The van der Waals surface area contributed by atoms with E-state index in [1.807, 2.05) is 4.90 Å². The number of amides is 1. The standard InChI is InChI=1S/C22H25ClF3N5O5/c1-21(33,15-30-13-18(31(34)35)27-19(30)23)14-28-8-10-29(11-9-28)20(32)36-12-2-3-16-4-6-17(7-5-16)22(24,25)26/h2-7,13,33H,8-12,14-15H2,1H3/t21-/m0/s1. The highest BCUT2D eigenvalue weighted by atomic mass is 35.5. The fourth-order valence-electron chi connectivity index (χ4n) is 3.74. The number of β-amino-alcohol motifs (C(OH)–C–C–N with tert-alkyl or cyclic N) is 1. The van der Waals surface area contributed by atoms with Crippen molar-refractivity contribution in [3.63, 3.8) is 0 Å². The molecule has 0 spiro atoms. The van der Waals surface area contributed by atoms with Gasteiger partial charge in [-0.25, -0.2) is 4.79 Å². The zero-order valence-electron chi connectivity index (χ0n) is 19.3. The number of benzene rings is 1. The first-order chi connectivity index (χ1) is 16.8. The first-order valence-electron chi connectivity index (χ1n) is 10.9. The third-order valence-corrected chi connectivity index (χ3v) is 5.76. The molecule has 14 heteroatoms. The van der Waals surface area contributed by atoms with Crippen LogP contribution in [0.25, 0.3) is 6.08 Å². The number of carbonyl (C=O) groups excluding carboxylic acids is 1. The molecule has 3 rings (SSSR count). The van der Waals surface area contributed by atoms with Crippen LogP contribution in [0.1, 0.15) is 18.1 Å². The third kappa shape index (κ3) is 7.67. The summed E-state index contributed by atoms with van der Waals surface area (Å²) < 4.78 is 44.3. The van der Waals surface area contributed by atoms with Gasteiger partial charge in [0, 0.05) is 32.7 Å². The lowest BCUT2D eigenvalue weighted by atomic mass is 10.1. The van der Waals surface area contributed by atoms with Crippen molar-refractivity contribution >= 4 is 29.6 Å². The molecule has 0 unspecified atom stereocenters. The molecule has 10 nitrogen and oxygen atoms in total. The Morgan fingerprint density at radius 3 is 2.42 bits per heavy atom. The van der Waals surface area contributed by atoms with Crippen molar-refractivity contribution in [2.24, 2.45) is 0 Å². The number of hydrogen-bond acceptors (Lipinski definition) is 7. The van der Waals surface area contributed by atoms with Gasteiger partial charge in [0.1, 0.15) is 12.8 Å². The number of halogens is 4. The minimum absolute atomic E-state index is 0.000195. The van der Waals surface area contributed by atoms with Crippen LogP contribution >= 0.6 is 11.6 Å². The Hall–Kier alpha value is -3.16. The summed E-state index contributed by atoms with van der Waals surface area (Å²) in [6.07, 6.45) is -0.643. The summed E-state index contributed by atoms with van der Waals surface area (Å²) in [6, 6.07) is 4.63. The average molecular weight is 532 g/mol. The van der Waals surface area contributed by atoms with Gasteiger partial charge in [-0.2, -0.15) is 13.2 Å². The van der Waals surface area contributed by atoms with E-state index in [1.54, 1.807) is 19.1 Å². The summed E-state index contributed by atoms with van der Waals surface area (Å²) in [4.78, 5) is 29.6. The number of imidazole rings is 1. The zero-order chi connectivity index (χ0) is 26.5. The van der Waals surface area contributed by atoms with Crippen LogP contribution in [0.3, 0.4) is 0 Å². The van der Waals surface area contributed by atoms with Gasteiger partial charge in [-0.15, -0.1) is 0 Å². The second-order valence-electron chi connectivity index (χ2n) is 8.61. The quantitative estimate of drug-likeness (QED) is 0.408. The zero-order valence-corrected chi connectivity index (χ0v) is 20.1. The Kier molecular flexibility index (Phi) is 8.59. The van der Waals surface area contributed by atoms with Crippen molar-refractivity contribution in [1.29, 1.82) is 0 Å². The first-order valence-corrected chi connectivity index (χ1v) is 11.3. The van der Waals surface area contributed by atoms with Crippen LogP contribution in [0.2, 0.25) is 5.28 Å². The molecule has 1 aliphatic heterocycles. The molecule has 1 aromatic carbocycles. The predicted octanol–water partition coefficient (Wildman–Crippen LogP) is 3.68. The van der Waals surface area contributed by atoms with Gasteiger partial charge in [0.05, 0.1) is 17.7 Å². The highest BCUT2D eigenvalue weighted by Gasteiger charge is 2.31. The van der Waals surface area contributed by atoms with Gasteiger partial charge in [-0.3, -0.25) is 9.47 Å². The molecule has 1 amide bonds. The van der Waals surface area contributed by atoms with E-state index in [-0.39, 0.29) is 25.0 Å². The van der Waals surface area contributed by atoms with E-state index in [2.05, 4.69) is 4.98 Å². The lowest BCUT2D eigenvalue weighted by Crippen LogP contribution is -2.53. The molecule has 1 N–H and O–H groups in total. The van der Waals surface area contributed by atoms with Gasteiger partial charge in [-0.1, -0.05) is 18.2 Å². The van der Waals surface area contributed by atoms with Crippen molar-refractivity contribution in [3.8, 4) is 0 Å². The molecule has 1 fully saturated rings. The Morgan fingerprint density at radius 2 is 1.86 bits per heavy atom. The van der Waals surface area contributed by atoms with Gasteiger partial charge >= 0.3 is 23.4 Å². The lowest BCUT2D eigenvalue weighted by Gasteiger charge is -2.37. The number of aromatic nitrogens is 2. The van der Waals surface area contributed by atoms with E-state index in [4.69, 9.17) is 16.3 Å². The van der Waals surface area contributed by atoms with Crippen LogP contribution in [0.5, 0.6) is 0 Å². The molecular formula is C22H25ClF3N5O5. The van der Waals surface area contributed by atoms with Crippen molar-refractivity contribution in [2.45, 2.75) is 25.2 Å². The Bertz CT molecular complexity index is 1100. The maximum absolute atomic E-state index is 12.6. The number of nitrogens with zero attached hydrogens (tertiary/aromatic N) is 5. The minimum atomic E-state index is -4.39. The Balaban J connectivity index is 1.41. The topological polar surface area (TPSA) is 114 Å². The number of nitro groups is 1. The monoisotopic (exact) mass is 531 g/mol. The molecule has 1 atom stereocenters. The SMILES string of the molecule is C[C@](O)(CN1CCN(C(=O)OCC=Cc2ccc(C(F)(F)F)cc2)CC1)Cn1cc([N+](=O)[O-])nc1Cl. The van der Waals surface area contributed by atoms with Gasteiger partial charge < -0.3 is 24.9 Å². The lowest BCUT2D eigenvalue weighted by molar-refractivity contribution is -0.389. The molecule has 1 aromatic heterocycles. The molecule has 1 aliphatic rings. The van der Waals surface area contributed by atoms with Crippen LogP contribution in [0.15, 0.2) is 36.5 Å². The molecule has 196 valence electrons. The Labute approximate surface area is 209 Å². The molecule has 36 heavy (non-hydrogen) atoms. The van der Waals surface area contributed by atoms with Crippen LogP contribution in [0, 0.1) is 10.1 Å². The molecule has 1 saturated heterocycles. The summed E-state index contributed by atoms with van der Waals surface area (Å²) in [5.74, 6) is -0.405. The summed E-state index contributed by atoms with van der Waals surface area (Å²) in [6.45, 7) is 3.48.